The molecule has 5 N–H and O–H groups in total. The van der Waals surface area contributed by atoms with Crippen LogP contribution in [0.1, 0.15) is 0 Å². The van der Waals surface area contributed by atoms with Crippen molar-refractivity contribution in [2.75, 3.05) is 11.5 Å². The Labute approximate surface area is 110 Å². The molecule has 0 saturated carbocycles. The van der Waals surface area contributed by atoms with Crippen molar-refractivity contribution in [2.24, 2.45) is 0 Å². The van der Waals surface area contributed by atoms with Crippen molar-refractivity contribution in [1.29, 1.82) is 0 Å². The van der Waals surface area contributed by atoms with Gasteiger partial charge in [0.15, 0.2) is 5.75 Å². The number of nitrogens with two attached hydrogens (primary N) is 2. The van der Waals surface area contributed by atoms with Crippen LogP contribution >= 0.6 is 0 Å². The average molecular weight is 280 g/mol. The van der Waals surface area contributed by atoms with Crippen molar-refractivity contribution in [2.45, 2.75) is 4.90 Å². The van der Waals surface area contributed by atoms with Crippen molar-refractivity contribution in [1.82, 2.24) is 0 Å². The second-order valence-electron chi connectivity index (χ2n) is 3.85. The van der Waals surface area contributed by atoms with Crippen LogP contribution in [0, 0.1) is 0 Å². The maximum Gasteiger partial charge on any atom is 0.294 e. The summed E-state index contributed by atoms with van der Waals surface area (Å²) >= 11 is 0. The minimum Gasteiger partial charge on any atom is -0.455 e. The lowest BCUT2D eigenvalue weighted by atomic mass is 10.2. The molecular formula is C12H12N2O4S. The van der Waals surface area contributed by atoms with Crippen LogP contribution in [0.4, 0.5) is 11.4 Å². The predicted molar refractivity (Wildman–Crippen MR) is 71.6 cm³/mol. The lowest BCUT2D eigenvalue weighted by molar-refractivity contribution is 0.479. The van der Waals surface area contributed by atoms with E-state index < -0.39 is 10.1 Å². The first-order chi connectivity index (χ1) is 8.86. The molecule has 7 heteroatoms. The smallest absolute Gasteiger partial charge is 0.294 e. The monoisotopic (exact) mass is 280 g/mol. The molecule has 0 aliphatic carbocycles. The molecular weight excluding hydrogens is 268 g/mol. The zero-order valence-corrected chi connectivity index (χ0v) is 10.6. The highest BCUT2D eigenvalue weighted by Crippen LogP contribution is 2.29. The fourth-order valence-corrected chi connectivity index (χ4v) is 1.93. The number of rotatable bonds is 3. The van der Waals surface area contributed by atoms with Gasteiger partial charge in [0, 0.05) is 11.8 Å². The van der Waals surface area contributed by atoms with Gasteiger partial charge < -0.3 is 16.2 Å². The van der Waals surface area contributed by atoms with Crippen molar-refractivity contribution in [3.05, 3.63) is 42.5 Å². The largest absolute Gasteiger partial charge is 0.455 e. The molecule has 0 amide bonds. The van der Waals surface area contributed by atoms with E-state index in [9.17, 15) is 8.42 Å². The summed E-state index contributed by atoms with van der Waals surface area (Å²) in [5.74, 6) is 0.754. The van der Waals surface area contributed by atoms with E-state index in [2.05, 4.69) is 0 Å². The second-order valence-corrected chi connectivity index (χ2v) is 5.27. The van der Waals surface area contributed by atoms with E-state index in [1.807, 2.05) is 0 Å². The molecule has 0 aliphatic rings. The summed E-state index contributed by atoms with van der Waals surface area (Å²) in [5.41, 5.74) is 12.2. The van der Waals surface area contributed by atoms with Crippen LogP contribution in [0.3, 0.4) is 0 Å². The zero-order chi connectivity index (χ0) is 14.0. The molecule has 0 aliphatic heterocycles. The SMILES string of the molecule is Nc1ccc(N)c(Oc2ccc(S(=O)(=O)O)cc2)c1. The molecule has 6 nitrogen and oxygen atoms in total. The molecule has 0 aromatic heterocycles. The van der Waals surface area contributed by atoms with Gasteiger partial charge in [-0.1, -0.05) is 0 Å². The Balaban J connectivity index is 2.27. The van der Waals surface area contributed by atoms with Crippen molar-refractivity contribution >= 4 is 21.5 Å². The van der Waals surface area contributed by atoms with Crippen molar-refractivity contribution in [3.8, 4) is 11.5 Å². The molecule has 0 heterocycles. The molecule has 0 spiro atoms. The van der Waals surface area contributed by atoms with Crippen LogP contribution in [0.15, 0.2) is 47.4 Å². The first kappa shape index (κ1) is 13.2. The van der Waals surface area contributed by atoms with Crippen molar-refractivity contribution < 1.29 is 17.7 Å². The third-order valence-corrected chi connectivity index (χ3v) is 3.25. The summed E-state index contributed by atoms with van der Waals surface area (Å²) in [4.78, 5) is -0.208. The Kier molecular flexibility index (Phi) is 3.32. The van der Waals surface area contributed by atoms with Crippen LogP contribution in [0.25, 0.3) is 0 Å². The highest BCUT2D eigenvalue weighted by Gasteiger charge is 2.09. The molecule has 0 saturated heterocycles. The van der Waals surface area contributed by atoms with Crippen LogP contribution in [0.2, 0.25) is 0 Å². The fraction of sp³-hybridized carbons (Fsp3) is 0. The Morgan fingerprint density at radius 3 is 2.21 bits per heavy atom. The van der Waals surface area contributed by atoms with E-state index in [-0.39, 0.29) is 4.90 Å². The van der Waals surface area contributed by atoms with Gasteiger partial charge in [0.2, 0.25) is 0 Å². The number of benzene rings is 2. The highest BCUT2D eigenvalue weighted by atomic mass is 32.2. The first-order valence-corrected chi connectivity index (χ1v) is 6.71. The summed E-state index contributed by atoms with van der Waals surface area (Å²) in [6.45, 7) is 0. The maximum atomic E-state index is 10.9. The molecule has 0 atom stereocenters. The molecule has 100 valence electrons. The standard InChI is InChI=1S/C12H12N2O4S/c13-8-1-6-11(14)12(7-8)18-9-2-4-10(5-3-9)19(15,16)17/h1-7H,13-14H2,(H,15,16,17). The lowest BCUT2D eigenvalue weighted by Gasteiger charge is -2.09. The average Bonchev–Trinajstić information content (AvgIpc) is 2.33. The Morgan fingerprint density at radius 1 is 1.00 bits per heavy atom. The Hall–Kier alpha value is -2.25. The molecule has 2 aromatic rings. The van der Waals surface area contributed by atoms with Gasteiger partial charge in [-0.25, -0.2) is 0 Å². The van der Waals surface area contributed by atoms with Gasteiger partial charge in [-0.05, 0) is 36.4 Å². The van der Waals surface area contributed by atoms with Gasteiger partial charge in [0.25, 0.3) is 10.1 Å². The van der Waals surface area contributed by atoms with Crippen LogP contribution in [-0.2, 0) is 10.1 Å². The quantitative estimate of drug-likeness (QED) is 0.584. The lowest BCUT2D eigenvalue weighted by Crippen LogP contribution is -1.98. The third-order valence-electron chi connectivity index (χ3n) is 2.39. The van der Waals surface area contributed by atoms with Gasteiger partial charge in [0.05, 0.1) is 10.6 Å². The summed E-state index contributed by atoms with van der Waals surface area (Å²) in [6, 6.07) is 10.1. The first-order valence-electron chi connectivity index (χ1n) is 5.27. The van der Waals surface area contributed by atoms with E-state index in [0.717, 1.165) is 0 Å². The Bertz CT molecular complexity index is 696. The maximum absolute atomic E-state index is 10.9. The zero-order valence-electron chi connectivity index (χ0n) is 9.78. The summed E-state index contributed by atoms with van der Waals surface area (Å²) < 4.78 is 36.1. The molecule has 2 aromatic carbocycles. The topological polar surface area (TPSA) is 116 Å². The molecule has 0 unspecified atom stereocenters. The number of anilines is 2. The van der Waals surface area contributed by atoms with E-state index in [4.69, 9.17) is 20.8 Å². The van der Waals surface area contributed by atoms with E-state index in [0.29, 0.717) is 22.9 Å². The number of nitrogen functional groups attached to an aromatic ring is 2. The van der Waals surface area contributed by atoms with E-state index in [1.54, 1.807) is 18.2 Å². The minimum absolute atomic E-state index is 0.208. The van der Waals surface area contributed by atoms with Crippen molar-refractivity contribution in [3.63, 3.8) is 0 Å². The van der Waals surface area contributed by atoms with Gasteiger partial charge in [0.1, 0.15) is 5.75 Å². The van der Waals surface area contributed by atoms with Crippen LogP contribution < -0.4 is 16.2 Å². The fourth-order valence-electron chi connectivity index (χ4n) is 1.45. The molecule has 19 heavy (non-hydrogen) atoms. The predicted octanol–water partition coefficient (Wildman–Crippen LogP) is 1.89. The summed E-state index contributed by atoms with van der Waals surface area (Å²) in [5, 5.41) is 0. The third kappa shape index (κ3) is 3.15. The van der Waals surface area contributed by atoms with Gasteiger partial charge >= 0.3 is 0 Å². The summed E-state index contributed by atoms with van der Waals surface area (Å²) in [6.07, 6.45) is 0. The van der Waals surface area contributed by atoms with Crippen LogP contribution in [0.5, 0.6) is 11.5 Å². The number of ether oxygens (including phenoxy) is 1. The van der Waals surface area contributed by atoms with E-state index in [1.165, 1.54) is 24.3 Å². The number of hydrogen-bond acceptors (Lipinski definition) is 5. The van der Waals surface area contributed by atoms with Gasteiger partial charge in [-0.2, -0.15) is 8.42 Å². The molecule has 0 radical (unpaired) electrons. The van der Waals surface area contributed by atoms with Gasteiger partial charge in [-0.15, -0.1) is 0 Å². The second kappa shape index (κ2) is 4.79. The minimum atomic E-state index is -4.21. The Morgan fingerprint density at radius 2 is 1.63 bits per heavy atom. The van der Waals surface area contributed by atoms with Crippen LogP contribution in [-0.4, -0.2) is 13.0 Å². The molecule has 0 bridgehead atoms. The normalized spacial score (nSPS) is 11.2. The van der Waals surface area contributed by atoms with E-state index >= 15 is 0 Å². The molecule has 2 rings (SSSR count). The number of hydrogen-bond donors (Lipinski definition) is 3. The van der Waals surface area contributed by atoms with Gasteiger partial charge in [-0.3, -0.25) is 4.55 Å². The highest BCUT2D eigenvalue weighted by molar-refractivity contribution is 7.85. The summed E-state index contributed by atoms with van der Waals surface area (Å²) in [7, 11) is -4.21. The molecule has 0 fully saturated rings.